The number of rotatable bonds is 6. The first kappa shape index (κ1) is 22.5. The fourth-order valence-corrected chi connectivity index (χ4v) is 3.83. The third-order valence-electron chi connectivity index (χ3n) is 5.64. The third kappa shape index (κ3) is 5.70. The summed E-state index contributed by atoms with van der Waals surface area (Å²) in [6.45, 7) is 16.5. The molecule has 6 nitrogen and oxygen atoms in total. The van der Waals surface area contributed by atoms with Gasteiger partial charge >= 0.3 is 0 Å². The van der Waals surface area contributed by atoms with Crippen LogP contribution in [0.2, 0.25) is 0 Å². The van der Waals surface area contributed by atoms with Gasteiger partial charge in [0, 0.05) is 45.0 Å². The average molecular weight is 412 g/mol. The highest BCUT2D eigenvalue weighted by Crippen LogP contribution is 2.23. The van der Waals surface area contributed by atoms with Crippen LogP contribution >= 0.6 is 0 Å². The van der Waals surface area contributed by atoms with Gasteiger partial charge in [-0.3, -0.25) is 14.4 Å². The second-order valence-corrected chi connectivity index (χ2v) is 9.77. The third-order valence-corrected chi connectivity index (χ3v) is 5.64. The van der Waals surface area contributed by atoms with E-state index in [-0.39, 0.29) is 11.4 Å². The van der Waals surface area contributed by atoms with Crippen LogP contribution in [0, 0.1) is 0 Å². The van der Waals surface area contributed by atoms with Gasteiger partial charge in [-0.15, -0.1) is 0 Å². The van der Waals surface area contributed by atoms with Crippen LogP contribution in [-0.4, -0.2) is 58.7 Å². The van der Waals surface area contributed by atoms with Gasteiger partial charge in [-0.1, -0.05) is 38.1 Å². The Morgan fingerprint density at radius 1 is 1.10 bits per heavy atom. The SMILES string of the molecule is CC(C)c1cc(C(=O)NCc2cccc(CN3CCN(C)CC3)c2)nn1C(C)(C)C. The molecule has 0 saturated carbocycles. The Morgan fingerprint density at radius 2 is 1.77 bits per heavy atom. The molecule has 0 bridgehead atoms. The van der Waals surface area contributed by atoms with Gasteiger partial charge in [-0.2, -0.15) is 5.10 Å². The summed E-state index contributed by atoms with van der Waals surface area (Å²) in [5.74, 6) is 0.189. The molecule has 1 fully saturated rings. The predicted molar refractivity (Wildman–Crippen MR) is 122 cm³/mol. The van der Waals surface area contributed by atoms with Crippen LogP contribution in [0.15, 0.2) is 30.3 Å². The molecule has 1 aromatic heterocycles. The number of hydrogen-bond acceptors (Lipinski definition) is 4. The van der Waals surface area contributed by atoms with Gasteiger partial charge in [-0.25, -0.2) is 0 Å². The first-order chi connectivity index (χ1) is 14.1. The molecule has 1 aromatic carbocycles. The van der Waals surface area contributed by atoms with Gasteiger partial charge in [0.25, 0.3) is 5.91 Å². The van der Waals surface area contributed by atoms with Crippen molar-refractivity contribution in [3.63, 3.8) is 0 Å². The second kappa shape index (κ2) is 9.31. The van der Waals surface area contributed by atoms with Crippen LogP contribution in [0.1, 0.15) is 67.8 Å². The molecule has 1 aliphatic heterocycles. The maximum absolute atomic E-state index is 12.8. The molecule has 0 atom stereocenters. The number of carbonyl (C=O) groups is 1. The highest BCUT2D eigenvalue weighted by Gasteiger charge is 2.23. The van der Waals surface area contributed by atoms with Crippen molar-refractivity contribution in [1.29, 1.82) is 0 Å². The quantitative estimate of drug-likeness (QED) is 0.791. The summed E-state index contributed by atoms with van der Waals surface area (Å²) in [5.41, 5.74) is 3.83. The van der Waals surface area contributed by atoms with Crippen LogP contribution in [0.4, 0.5) is 0 Å². The van der Waals surface area contributed by atoms with Crippen molar-refractivity contribution in [3.8, 4) is 0 Å². The van der Waals surface area contributed by atoms with Crippen molar-refractivity contribution in [2.75, 3.05) is 33.2 Å². The first-order valence-corrected chi connectivity index (χ1v) is 11.0. The number of piperazine rings is 1. The van der Waals surface area contributed by atoms with E-state index >= 15 is 0 Å². The number of aromatic nitrogens is 2. The van der Waals surface area contributed by atoms with Crippen LogP contribution in [0.5, 0.6) is 0 Å². The van der Waals surface area contributed by atoms with E-state index in [0.29, 0.717) is 18.2 Å². The molecule has 1 aliphatic rings. The monoisotopic (exact) mass is 411 g/mol. The smallest absolute Gasteiger partial charge is 0.272 e. The molecule has 30 heavy (non-hydrogen) atoms. The van der Waals surface area contributed by atoms with E-state index in [2.05, 4.69) is 86.1 Å². The Morgan fingerprint density at radius 3 is 2.37 bits per heavy atom. The predicted octanol–water partition coefficient (Wildman–Crippen LogP) is 3.44. The van der Waals surface area contributed by atoms with Crippen molar-refractivity contribution in [3.05, 3.63) is 52.8 Å². The lowest BCUT2D eigenvalue weighted by Crippen LogP contribution is -2.43. The Bertz CT molecular complexity index is 857. The van der Waals surface area contributed by atoms with E-state index in [0.717, 1.165) is 44.0 Å². The Balaban J connectivity index is 1.62. The molecule has 164 valence electrons. The molecule has 1 N–H and O–H groups in total. The van der Waals surface area contributed by atoms with Crippen LogP contribution in [0.3, 0.4) is 0 Å². The summed E-state index contributed by atoms with van der Waals surface area (Å²) in [7, 11) is 2.18. The molecule has 0 aliphatic carbocycles. The number of nitrogens with zero attached hydrogens (tertiary/aromatic N) is 4. The van der Waals surface area contributed by atoms with Gasteiger partial charge in [-0.05, 0) is 50.9 Å². The van der Waals surface area contributed by atoms with E-state index < -0.39 is 0 Å². The fourth-order valence-electron chi connectivity index (χ4n) is 3.83. The lowest BCUT2D eigenvalue weighted by molar-refractivity contribution is 0.0944. The van der Waals surface area contributed by atoms with Gasteiger partial charge < -0.3 is 10.2 Å². The summed E-state index contributed by atoms with van der Waals surface area (Å²) < 4.78 is 1.98. The number of hydrogen-bond donors (Lipinski definition) is 1. The van der Waals surface area contributed by atoms with Crippen LogP contribution in [-0.2, 0) is 18.6 Å². The molecular formula is C24H37N5O. The molecule has 0 unspecified atom stereocenters. The molecule has 0 radical (unpaired) electrons. The molecule has 0 spiro atoms. The average Bonchev–Trinajstić information content (AvgIpc) is 3.15. The summed E-state index contributed by atoms with van der Waals surface area (Å²) in [4.78, 5) is 17.6. The molecular weight excluding hydrogens is 374 g/mol. The van der Waals surface area contributed by atoms with Crippen LogP contribution < -0.4 is 5.32 Å². The van der Waals surface area contributed by atoms with Crippen molar-refractivity contribution in [2.24, 2.45) is 0 Å². The fraction of sp³-hybridized carbons (Fsp3) is 0.583. The first-order valence-electron chi connectivity index (χ1n) is 11.0. The van der Waals surface area contributed by atoms with Gasteiger partial charge in [0.2, 0.25) is 0 Å². The molecule has 1 saturated heterocycles. The highest BCUT2D eigenvalue weighted by molar-refractivity contribution is 5.92. The summed E-state index contributed by atoms with van der Waals surface area (Å²) in [6.07, 6.45) is 0. The van der Waals surface area contributed by atoms with E-state index in [1.54, 1.807) is 0 Å². The number of nitrogens with one attached hydrogen (secondary N) is 1. The summed E-state index contributed by atoms with van der Waals surface area (Å²) in [6, 6.07) is 10.4. The van der Waals surface area contributed by atoms with E-state index in [1.807, 2.05) is 10.7 Å². The zero-order valence-corrected chi connectivity index (χ0v) is 19.4. The minimum Gasteiger partial charge on any atom is -0.347 e. The molecule has 2 aromatic rings. The number of amides is 1. The standard InChI is InChI=1S/C24H37N5O/c1-18(2)22-15-21(26-29(22)24(3,4)5)23(30)25-16-19-8-7-9-20(14-19)17-28-12-10-27(6)11-13-28/h7-9,14-15,18H,10-13,16-17H2,1-6H3,(H,25,30). The normalized spacial score (nSPS) is 16.2. The lowest BCUT2D eigenvalue weighted by atomic mass is 10.1. The van der Waals surface area contributed by atoms with Crippen molar-refractivity contribution >= 4 is 5.91 Å². The van der Waals surface area contributed by atoms with Crippen LogP contribution in [0.25, 0.3) is 0 Å². The molecule has 6 heteroatoms. The summed E-state index contributed by atoms with van der Waals surface area (Å²) >= 11 is 0. The summed E-state index contributed by atoms with van der Waals surface area (Å²) in [5, 5.41) is 7.66. The zero-order valence-electron chi connectivity index (χ0n) is 19.4. The molecule has 1 amide bonds. The van der Waals surface area contributed by atoms with Crippen molar-refractivity contribution in [2.45, 2.75) is 59.2 Å². The Kier molecular flexibility index (Phi) is 6.98. The van der Waals surface area contributed by atoms with Crippen molar-refractivity contribution in [1.82, 2.24) is 24.9 Å². The lowest BCUT2D eigenvalue weighted by Gasteiger charge is -2.32. The zero-order chi connectivity index (χ0) is 21.9. The minimum atomic E-state index is -0.157. The number of likely N-dealkylation sites (N-methyl/N-ethyl adjacent to an activating group) is 1. The van der Waals surface area contributed by atoms with E-state index in [1.165, 1.54) is 5.56 Å². The van der Waals surface area contributed by atoms with Gasteiger partial charge in [0.15, 0.2) is 0 Å². The largest absolute Gasteiger partial charge is 0.347 e. The second-order valence-electron chi connectivity index (χ2n) is 9.77. The van der Waals surface area contributed by atoms with Gasteiger partial charge in [0.1, 0.15) is 5.69 Å². The van der Waals surface area contributed by atoms with Crippen molar-refractivity contribution < 1.29 is 4.79 Å². The Labute approximate surface area is 181 Å². The maximum Gasteiger partial charge on any atom is 0.272 e. The van der Waals surface area contributed by atoms with Gasteiger partial charge in [0.05, 0.1) is 5.54 Å². The minimum absolute atomic E-state index is 0.121. The van der Waals surface area contributed by atoms with E-state index in [9.17, 15) is 4.79 Å². The number of benzene rings is 1. The Hall–Kier alpha value is -2.18. The number of carbonyl (C=O) groups excluding carboxylic acids is 1. The molecule has 3 rings (SSSR count). The molecule has 2 heterocycles. The maximum atomic E-state index is 12.8. The van der Waals surface area contributed by atoms with E-state index in [4.69, 9.17) is 0 Å². The highest BCUT2D eigenvalue weighted by atomic mass is 16.1. The topological polar surface area (TPSA) is 53.4 Å².